The average molecular weight is 1330 g/mol. The van der Waals surface area contributed by atoms with Gasteiger partial charge >= 0.3 is 0 Å². The third-order valence-corrected chi connectivity index (χ3v) is 18.6. The Morgan fingerprint density at radius 3 is 1.32 bits per heavy atom. The highest BCUT2D eigenvalue weighted by Crippen LogP contribution is 2.34. The van der Waals surface area contributed by atoms with Crippen molar-refractivity contribution in [1.82, 2.24) is 10.6 Å². The second-order valence-electron chi connectivity index (χ2n) is 26.4. The molecular weight excluding hydrogens is 1200 g/mol. The Morgan fingerprint density at radius 1 is 0.435 bits per heavy atom. The Kier molecular flexibility index (Phi) is 41.6. The van der Waals surface area contributed by atoms with Crippen LogP contribution in [0.15, 0.2) is 0 Å². The van der Waals surface area contributed by atoms with Crippen molar-refractivity contribution in [3.63, 3.8) is 0 Å². The van der Waals surface area contributed by atoms with Crippen molar-refractivity contribution in [3.05, 3.63) is 0 Å². The van der Waals surface area contributed by atoms with Crippen LogP contribution in [0, 0.1) is 0 Å². The van der Waals surface area contributed by atoms with Gasteiger partial charge in [-0.2, -0.15) is 0 Å². The van der Waals surface area contributed by atoms with Crippen molar-refractivity contribution in [2.24, 2.45) is 0 Å². The van der Waals surface area contributed by atoms with E-state index in [0.717, 1.165) is 64.7 Å². The zero-order valence-corrected chi connectivity index (χ0v) is 55.7. The monoisotopic (exact) mass is 1330 g/mol. The summed E-state index contributed by atoms with van der Waals surface area (Å²) in [5, 5.41) is 159. The second kappa shape index (κ2) is 46.4. The van der Waals surface area contributed by atoms with E-state index in [1.807, 2.05) is 0 Å². The van der Waals surface area contributed by atoms with Crippen LogP contribution in [0.1, 0.15) is 233 Å². The molecule has 4 aliphatic rings. The fraction of sp³-hybridized carbons (Fsp3) is 0.970. The molecule has 92 heavy (non-hydrogen) atoms. The number of unbranched alkanes of at least 4 members (excludes halogenated alkanes) is 28. The summed E-state index contributed by atoms with van der Waals surface area (Å²) in [6.07, 6.45) is -3.30. The van der Waals surface area contributed by atoms with Crippen molar-refractivity contribution < 1.29 is 119 Å². The molecule has 0 spiro atoms. The van der Waals surface area contributed by atoms with Crippen LogP contribution in [0.5, 0.6) is 0 Å². The molecule has 0 bridgehead atoms. The van der Waals surface area contributed by atoms with E-state index in [1.165, 1.54) is 129 Å². The molecule has 26 heteroatoms. The Hall–Kier alpha value is -1.94. The van der Waals surface area contributed by atoms with Gasteiger partial charge in [0.05, 0.1) is 44.7 Å². The number of aliphatic hydroxyl groups excluding tert-OH is 14. The summed E-state index contributed by atoms with van der Waals surface area (Å²) in [5.74, 6) is -1.55. The smallest absolute Gasteiger partial charge is 0.249 e. The lowest BCUT2D eigenvalue weighted by Crippen LogP contribution is -2.68. The third-order valence-electron chi connectivity index (χ3n) is 18.6. The molecule has 0 aromatic carbocycles. The topological polar surface area (TPSA) is 415 Å². The predicted octanol–water partition coefficient (Wildman–Crippen LogP) is 2.54. The first-order chi connectivity index (χ1) is 44.2. The minimum Gasteiger partial charge on any atom is -0.394 e. The van der Waals surface area contributed by atoms with E-state index in [4.69, 9.17) is 37.9 Å². The first-order valence-electron chi connectivity index (χ1n) is 35.3. The molecule has 0 radical (unpaired) electrons. The molecule has 16 N–H and O–H groups in total. The largest absolute Gasteiger partial charge is 0.394 e. The number of amides is 2. The first kappa shape index (κ1) is 82.5. The molecule has 24 atom stereocenters. The molecule has 24 unspecified atom stereocenters. The lowest BCUT2D eigenvalue weighted by atomic mass is 9.95. The van der Waals surface area contributed by atoms with Crippen LogP contribution in [0.4, 0.5) is 0 Å². The highest BCUT2D eigenvalue weighted by atomic mass is 16.8. The maximum atomic E-state index is 13.7. The number of rotatable bonds is 49. The van der Waals surface area contributed by atoms with E-state index < -0.39 is 185 Å². The molecule has 26 nitrogen and oxygen atoms in total. The minimum absolute atomic E-state index is 0.124. The summed E-state index contributed by atoms with van der Waals surface area (Å²) in [6, 6.07) is -2.93. The lowest BCUT2D eigenvalue weighted by Gasteiger charge is -2.48. The number of ether oxygens (including phenoxy) is 8. The molecule has 4 heterocycles. The van der Waals surface area contributed by atoms with Crippen molar-refractivity contribution in [2.75, 3.05) is 26.4 Å². The van der Waals surface area contributed by atoms with Gasteiger partial charge < -0.3 is 120 Å². The molecule has 0 saturated carbocycles. The van der Waals surface area contributed by atoms with Gasteiger partial charge in [0, 0.05) is 6.92 Å². The van der Waals surface area contributed by atoms with Crippen molar-refractivity contribution >= 4 is 11.8 Å². The molecule has 0 aromatic rings. The van der Waals surface area contributed by atoms with Gasteiger partial charge in [-0.1, -0.05) is 206 Å². The van der Waals surface area contributed by atoms with Crippen LogP contribution in [0.3, 0.4) is 0 Å². The van der Waals surface area contributed by atoms with Crippen LogP contribution in [-0.2, 0) is 47.5 Å². The van der Waals surface area contributed by atoms with Crippen LogP contribution >= 0.6 is 0 Å². The van der Waals surface area contributed by atoms with E-state index in [0.29, 0.717) is 12.8 Å². The van der Waals surface area contributed by atoms with Crippen LogP contribution < -0.4 is 10.6 Å². The van der Waals surface area contributed by atoms with Crippen LogP contribution in [-0.4, -0.2) is 257 Å². The summed E-state index contributed by atoms with van der Waals surface area (Å²) < 4.78 is 47.1. The van der Waals surface area contributed by atoms with Gasteiger partial charge in [-0.3, -0.25) is 9.59 Å². The standard InChI is InChI=1S/C66H124N2O24/c1-5-7-9-11-13-15-17-19-20-21-22-23-24-26-28-30-32-34-36-45(73)62(84)68-43(51(75)44(72)35-33-31-29-27-25-18-16-14-12-10-8-6-2)39-85-66-61(57(81)52(76)46(37-69)89-66)92-65-59(83)56(80)53(77)48(90-65)40-86-63-49(67-42(4)71)60(54(78)47(38-70)88-63)91-64-58(82)55(79)50(74)41(3)87-64/h41,43-61,63-66,69-70,72-83H,5-40H2,1-4H3,(H,67,71)(H,68,84). The summed E-state index contributed by atoms with van der Waals surface area (Å²) in [5.41, 5.74) is 0. The Balaban J connectivity index is 1.41. The van der Waals surface area contributed by atoms with Gasteiger partial charge in [-0.15, -0.1) is 0 Å². The van der Waals surface area contributed by atoms with Gasteiger partial charge in [-0.25, -0.2) is 0 Å². The average Bonchev–Trinajstić information content (AvgIpc) is 0.806. The normalized spacial score (nSPS) is 33.3. The van der Waals surface area contributed by atoms with Gasteiger partial charge in [0.2, 0.25) is 11.8 Å². The SMILES string of the molecule is CCCCCCCCCCCCCCCCCCCCC(O)C(=O)NC(COC1OC(CO)C(O)C(O)C1OC1OC(COC2OC(CO)C(O)C(OC3OC(C)C(O)C(O)C3O)C2NC(C)=O)C(O)C(O)C1O)C(O)C(O)CCCCCCCCCCCCCC. The highest BCUT2D eigenvalue weighted by Gasteiger charge is 2.54. The van der Waals surface area contributed by atoms with Gasteiger partial charge in [0.25, 0.3) is 0 Å². The maximum absolute atomic E-state index is 13.7. The number of aliphatic hydroxyl groups is 14. The number of nitrogens with one attached hydrogen (secondary N) is 2. The van der Waals surface area contributed by atoms with Crippen molar-refractivity contribution in [1.29, 1.82) is 0 Å². The van der Waals surface area contributed by atoms with E-state index in [9.17, 15) is 81.1 Å². The minimum atomic E-state index is -2.10. The number of hydrogen-bond acceptors (Lipinski definition) is 24. The van der Waals surface area contributed by atoms with Gasteiger partial charge in [0.15, 0.2) is 25.2 Å². The number of carbonyl (C=O) groups is 2. The molecule has 4 saturated heterocycles. The number of carbonyl (C=O) groups excluding carboxylic acids is 2. The Morgan fingerprint density at radius 2 is 0.837 bits per heavy atom. The van der Waals surface area contributed by atoms with Crippen molar-refractivity contribution in [2.45, 2.75) is 380 Å². The highest BCUT2D eigenvalue weighted by molar-refractivity contribution is 5.80. The molecule has 4 fully saturated rings. The number of hydrogen-bond donors (Lipinski definition) is 16. The summed E-state index contributed by atoms with van der Waals surface area (Å²) in [7, 11) is 0. The third kappa shape index (κ3) is 28.1. The van der Waals surface area contributed by atoms with E-state index in [2.05, 4.69) is 24.5 Å². The van der Waals surface area contributed by atoms with Gasteiger partial charge in [-0.05, 0) is 19.8 Å². The van der Waals surface area contributed by atoms with E-state index >= 15 is 0 Å². The summed E-state index contributed by atoms with van der Waals surface area (Å²) in [6.45, 7) is 3.78. The molecule has 2 amide bonds. The maximum Gasteiger partial charge on any atom is 0.249 e. The quantitative estimate of drug-likeness (QED) is 0.0389. The summed E-state index contributed by atoms with van der Waals surface area (Å²) in [4.78, 5) is 26.3. The Bertz CT molecular complexity index is 1910. The zero-order chi connectivity index (χ0) is 67.5. The fourth-order valence-electron chi connectivity index (χ4n) is 12.6. The molecule has 0 aromatic heterocycles. The van der Waals surface area contributed by atoms with Crippen LogP contribution in [0.25, 0.3) is 0 Å². The molecule has 4 rings (SSSR count). The Labute approximate surface area is 546 Å². The molecule has 0 aliphatic carbocycles. The van der Waals surface area contributed by atoms with E-state index in [-0.39, 0.29) is 12.8 Å². The summed E-state index contributed by atoms with van der Waals surface area (Å²) >= 11 is 0. The lowest BCUT2D eigenvalue weighted by molar-refractivity contribution is -0.373. The van der Waals surface area contributed by atoms with Crippen LogP contribution in [0.2, 0.25) is 0 Å². The van der Waals surface area contributed by atoms with Gasteiger partial charge in [0.1, 0.15) is 104 Å². The second-order valence-corrected chi connectivity index (χ2v) is 26.4. The first-order valence-corrected chi connectivity index (χ1v) is 35.3. The van der Waals surface area contributed by atoms with E-state index in [1.54, 1.807) is 0 Å². The molecular formula is C66H124N2O24. The fourth-order valence-corrected chi connectivity index (χ4v) is 12.6. The van der Waals surface area contributed by atoms with Crippen molar-refractivity contribution in [3.8, 4) is 0 Å². The molecule has 4 aliphatic heterocycles. The molecule has 542 valence electrons. The predicted molar refractivity (Wildman–Crippen MR) is 337 cm³/mol. The zero-order valence-electron chi connectivity index (χ0n) is 55.7.